The zero-order valence-corrected chi connectivity index (χ0v) is 17.6. The van der Waals surface area contributed by atoms with Crippen LogP contribution in [0, 0.1) is 11.6 Å². The first-order chi connectivity index (χ1) is 14.9. The van der Waals surface area contributed by atoms with Gasteiger partial charge in [-0.1, -0.05) is 6.58 Å². The van der Waals surface area contributed by atoms with E-state index >= 15 is 8.78 Å². The molecule has 2 aromatic rings. The number of fused-ring (bicyclic) bond motifs is 1. The van der Waals surface area contributed by atoms with Crippen molar-refractivity contribution in [1.29, 1.82) is 0 Å². The van der Waals surface area contributed by atoms with Gasteiger partial charge in [0.25, 0.3) is 0 Å². The maximum atomic E-state index is 15.0. The predicted octanol–water partition coefficient (Wildman–Crippen LogP) is 4.03. The second-order valence-corrected chi connectivity index (χ2v) is 6.85. The molecule has 0 fully saturated rings. The molecule has 0 saturated heterocycles. The fourth-order valence-corrected chi connectivity index (χ4v) is 3.45. The van der Waals surface area contributed by atoms with Crippen LogP contribution in [0.15, 0.2) is 31.0 Å². The Bertz CT molecular complexity index is 1010. The van der Waals surface area contributed by atoms with Gasteiger partial charge in [0, 0.05) is 36.5 Å². The van der Waals surface area contributed by atoms with Crippen molar-refractivity contribution in [2.75, 3.05) is 30.6 Å². The van der Waals surface area contributed by atoms with E-state index in [1.807, 2.05) is 0 Å². The third kappa shape index (κ3) is 4.08. The normalized spacial score (nSPS) is 13.1. The molecule has 31 heavy (non-hydrogen) atoms. The van der Waals surface area contributed by atoms with Gasteiger partial charge in [-0.05, 0) is 25.5 Å². The Morgan fingerprint density at radius 3 is 2.42 bits per heavy atom. The molecule has 1 aliphatic rings. The Hall–Kier alpha value is -3.49. The second-order valence-electron chi connectivity index (χ2n) is 6.85. The third-order valence-corrected chi connectivity index (χ3v) is 5.09. The zero-order chi connectivity index (χ0) is 22.7. The minimum atomic E-state index is -0.999. The molecule has 2 heterocycles. The Morgan fingerprint density at radius 2 is 1.87 bits per heavy atom. The number of aromatic nitrogens is 1. The fourth-order valence-electron chi connectivity index (χ4n) is 3.45. The molecule has 0 N–H and O–H groups in total. The van der Waals surface area contributed by atoms with Gasteiger partial charge in [-0.25, -0.2) is 13.6 Å². The van der Waals surface area contributed by atoms with Gasteiger partial charge in [0.15, 0.2) is 28.9 Å². The van der Waals surface area contributed by atoms with Gasteiger partial charge in [-0.2, -0.15) is 0 Å². The van der Waals surface area contributed by atoms with Crippen LogP contribution in [0.4, 0.5) is 25.0 Å². The summed E-state index contributed by atoms with van der Waals surface area (Å²) in [6.45, 7) is 5.38. The van der Waals surface area contributed by atoms with Crippen LogP contribution < -0.4 is 19.3 Å². The lowest BCUT2D eigenvalue weighted by Gasteiger charge is -2.37. The number of ether oxygens (including phenoxy) is 2. The molecule has 0 aliphatic carbocycles. The van der Waals surface area contributed by atoms with Gasteiger partial charge in [-0.3, -0.25) is 19.6 Å². The lowest BCUT2D eigenvalue weighted by Crippen LogP contribution is -2.48. The summed E-state index contributed by atoms with van der Waals surface area (Å²) in [5.41, 5.74) is 1.29. The summed E-state index contributed by atoms with van der Waals surface area (Å²) < 4.78 is 40.0. The number of nitrogens with zero attached hydrogens (tertiary/aromatic N) is 3. The van der Waals surface area contributed by atoms with Crippen molar-refractivity contribution in [3.8, 4) is 11.5 Å². The molecule has 0 radical (unpaired) electrons. The standard InChI is InChI=1S/C22H23F2N3O4/c1-5-15(28)8-7-14-9-16-13(11-25-14)12-27(22(29)26(16)6-2)21-19(23)17(30-3)10-18(31-4)20(21)24/h5,9-11H,1,6-8,12H2,2-4H3. The van der Waals surface area contributed by atoms with E-state index in [4.69, 9.17) is 9.47 Å². The molecule has 1 aromatic carbocycles. The number of carbonyl (C=O) groups excluding carboxylic acids is 2. The van der Waals surface area contributed by atoms with Gasteiger partial charge >= 0.3 is 6.03 Å². The SMILES string of the molecule is C=CC(=O)CCc1cc2c(cn1)CN(c1c(F)c(OC)cc(OC)c1F)C(=O)N2CC. The van der Waals surface area contributed by atoms with E-state index in [1.54, 1.807) is 19.2 Å². The lowest BCUT2D eigenvalue weighted by molar-refractivity contribution is -0.114. The summed E-state index contributed by atoms with van der Waals surface area (Å²) >= 11 is 0. The van der Waals surface area contributed by atoms with E-state index in [0.29, 0.717) is 23.4 Å². The molecule has 0 spiro atoms. The van der Waals surface area contributed by atoms with Gasteiger partial charge in [0.05, 0.1) is 26.5 Å². The van der Waals surface area contributed by atoms with Crippen LogP contribution in [-0.2, 0) is 17.8 Å². The molecule has 2 amide bonds. The number of aryl methyl sites for hydroxylation is 1. The number of benzene rings is 1. The molecule has 0 bridgehead atoms. The zero-order valence-electron chi connectivity index (χ0n) is 17.6. The quantitative estimate of drug-likeness (QED) is 0.590. The Morgan fingerprint density at radius 1 is 1.23 bits per heavy atom. The topological polar surface area (TPSA) is 72.0 Å². The summed E-state index contributed by atoms with van der Waals surface area (Å²) in [4.78, 5) is 31.5. The first kappa shape index (κ1) is 22.2. The molecule has 0 unspecified atom stereocenters. The van der Waals surface area contributed by atoms with E-state index in [0.717, 1.165) is 11.0 Å². The summed E-state index contributed by atoms with van der Waals surface area (Å²) in [7, 11) is 2.49. The van der Waals surface area contributed by atoms with E-state index < -0.39 is 23.4 Å². The number of methoxy groups -OCH3 is 2. The summed E-state index contributed by atoms with van der Waals surface area (Å²) in [5.74, 6) is -2.58. The summed E-state index contributed by atoms with van der Waals surface area (Å²) in [6.07, 6.45) is 3.45. The number of anilines is 2. The van der Waals surface area contributed by atoms with E-state index in [1.165, 1.54) is 25.2 Å². The maximum Gasteiger partial charge on any atom is 0.329 e. The predicted molar refractivity (Wildman–Crippen MR) is 112 cm³/mol. The number of urea groups is 1. The van der Waals surface area contributed by atoms with Crippen molar-refractivity contribution < 1.29 is 27.8 Å². The lowest BCUT2D eigenvalue weighted by atomic mass is 10.1. The molecule has 9 heteroatoms. The first-order valence-corrected chi connectivity index (χ1v) is 9.68. The highest BCUT2D eigenvalue weighted by Crippen LogP contribution is 2.40. The number of ketones is 1. The van der Waals surface area contributed by atoms with Crippen LogP contribution in [0.1, 0.15) is 24.6 Å². The molecule has 3 rings (SSSR count). The number of pyridine rings is 1. The smallest absolute Gasteiger partial charge is 0.329 e. The Labute approximate surface area is 178 Å². The largest absolute Gasteiger partial charge is 0.493 e. The molecule has 1 aliphatic heterocycles. The maximum absolute atomic E-state index is 15.0. The Balaban J connectivity index is 2.04. The van der Waals surface area contributed by atoms with Crippen LogP contribution in [0.2, 0.25) is 0 Å². The Kier molecular flexibility index (Phi) is 6.53. The molecule has 164 valence electrons. The monoisotopic (exact) mass is 431 g/mol. The molecular formula is C22H23F2N3O4. The van der Waals surface area contributed by atoms with Crippen molar-refractivity contribution >= 4 is 23.2 Å². The number of hydrogen-bond acceptors (Lipinski definition) is 5. The highest BCUT2D eigenvalue weighted by Gasteiger charge is 2.36. The molecule has 0 atom stereocenters. The average molecular weight is 431 g/mol. The number of hydrogen-bond donors (Lipinski definition) is 0. The fraction of sp³-hybridized carbons (Fsp3) is 0.318. The van der Waals surface area contributed by atoms with E-state index in [-0.39, 0.29) is 36.8 Å². The van der Waals surface area contributed by atoms with Crippen LogP contribution in [0.5, 0.6) is 11.5 Å². The highest BCUT2D eigenvalue weighted by molar-refractivity contribution is 6.06. The van der Waals surface area contributed by atoms with Gasteiger partial charge in [0.2, 0.25) is 0 Å². The van der Waals surface area contributed by atoms with E-state index in [2.05, 4.69) is 11.6 Å². The van der Waals surface area contributed by atoms with Crippen molar-refractivity contribution in [2.24, 2.45) is 0 Å². The average Bonchev–Trinajstić information content (AvgIpc) is 2.78. The molecular weight excluding hydrogens is 408 g/mol. The van der Waals surface area contributed by atoms with Gasteiger partial charge in [-0.15, -0.1) is 0 Å². The number of amides is 2. The highest BCUT2D eigenvalue weighted by atomic mass is 19.1. The molecule has 0 saturated carbocycles. The van der Waals surface area contributed by atoms with Crippen molar-refractivity contribution in [2.45, 2.75) is 26.3 Å². The van der Waals surface area contributed by atoms with Crippen LogP contribution in [0.25, 0.3) is 0 Å². The van der Waals surface area contributed by atoms with Crippen molar-refractivity contribution in [1.82, 2.24) is 4.98 Å². The number of rotatable bonds is 8. The molecule has 1 aromatic heterocycles. The molecule has 7 nitrogen and oxygen atoms in total. The van der Waals surface area contributed by atoms with E-state index in [9.17, 15) is 9.59 Å². The second kappa shape index (κ2) is 9.11. The van der Waals surface area contributed by atoms with Gasteiger partial charge in [0.1, 0.15) is 5.69 Å². The van der Waals surface area contributed by atoms with Crippen LogP contribution in [0.3, 0.4) is 0 Å². The van der Waals surface area contributed by atoms with Crippen LogP contribution in [-0.4, -0.2) is 37.6 Å². The van der Waals surface area contributed by atoms with Crippen LogP contribution >= 0.6 is 0 Å². The van der Waals surface area contributed by atoms with Gasteiger partial charge < -0.3 is 9.47 Å². The third-order valence-electron chi connectivity index (χ3n) is 5.09. The van der Waals surface area contributed by atoms with Crippen molar-refractivity contribution in [3.05, 3.63) is 53.9 Å². The summed E-state index contributed by atoms with van der Waals surface area (Å²) in [5, 5.41) is 0. The minimum Gasteiger partial charge on any atom is -0.493 e. The first-order valence-electron chi connectivity index (χ1n) is 9.68. The van der Waals surface area contributed by atoms with Crippen molar-refractivity contribution in [3.63, 3.8) is 0 Å². The minimum absolute atomic E-state index is 0.0896. The number of carbonyl (C=O) groups is 2. The number of allylic oxidation sites excluding steroid dienone is 1. The summed E-state index contributed by atoms with van der Waals surface area (Å²) in [6, 6.07) is 2.22. The number of halogens is 2.